The van der Waals surface area contributed by atoms with Crippen molar-refractivity contribution in [2.75, 3.05) is 31.1 Å². The van der Waals surface area contributed by atoms with Crippen LogP contribution in [0.4, 0.5) is 19.3 Å². The Morgan fingerprint density at radius 3 is 2.61 bits per heavy atom. The summed E-state index contributed by atoms with van der Waals surface area (Å²) in [4.78, 5) is 43.8. The largest absolute Gasteiger partial charge is 0.472 e. The number of phosphoric ester groups is 1. The van der Waals surface area contributed by atoms with Gasteiger partial charge in [0.2, 0.25) is 6.29 Å². The number of nitrogens with zero attached hydrogens (tertiary/aromatic N) is 3. The minimum absolute atomic E-state index is 0.0191. The first-order valence-electron chi connectivity index (χ1n) is 10.4. The van der Waals surface area contributed by atoms with Crippen molar-refractivity contribution in [3.8, 4) is 5.88 Å². The molecule has 2 amide bonds. The zero-order chi connectivity index (χ0) is 26.0. The van der Waals surface area contributed by atoms with E-state index in [1.54, 1.807) is 0 Å². The van der Waals surface area contributed by atoms with Gasteiger partial charge in [-0.15, -0.1) is 0 Å². The van der Waals surface area contributed by atoms with E-state index < -0.39 is 43.9 Å². The average molecular weight is 531 g/mol. The summed E-state index contributed by atoms with van der Waals surface area (Å²) < 4.78 is 59.7. The number of cyclic esters (lactones) is 1. The number of aliphatic hydroxyl groups excluding tert-OH is 1. The number of phosphoric acid groups is 1. The van der Waals surface area contributed by atoms with Gasteiger partial charge in [0.15, 0.2) is 6.10 Å². The average Bonchev–Trinajstić information content (AvgIpc) is 3.45. The van der Waals surface area contributed by atoms with Crippen molar-refractivity contribution in [2.45, 2.75) is 18.8 Å². The van der Waals surface area contributed by atoms with Crippen molar-refractivity contribution in [1.82, 2.24) is 10.1 Å². The van der Waals surface area contributed by atoms with E-state index >= 15 is 0 Å². The number of carbonyl (C=O) groups excluding carboxylic acids is 2. The zero-order valence-corrected chi connectivity index (χ0v) is 19.2. The van der Waals surface area contributed by atoms with Crippen LogP contribution in [-0.4, -0.2) is 75.6 Å². The van der Waals surface area contributed by atoms with Crippen molar-refractivity contribution < 1.29 is 56.3 Å². The van der Waals surface area contributed by atoms with Crippen molar-refractivity contribution in [1.29, 1.82) is 0 Å². The van der Waals surface area contributed by atoms with Gasteiger partial charge in [0.05, 0.1) is 12.2 Å². The molecule has 36 heavy (non-hydrogen) atoms. The van der Waals surface area contributed by atoms with Gasteiger partial charge in [0.25, 0.3) is 11.8 Å². The van der Waals surface area contributed by atoms with Crippen LogP contribution in [0.3, 0.4) is 0 Å². The Bertz CT molecular complexity index is 1200. The molecule has 0 radical (unpaired) electrons. The van der Waals surface area contributed by atoms with Crippen molar-refractivity contribution in [2.24, 2.45) is 0 Å². The van der Waals surface area contributed by atoms with Crippen LogP contribution in [0.2, 0.25) is 0 Å². The Labute approximate surface area is 201 Å². The molecule has 2 aromatic rings. The summed E-state index contributed by atoms with van der Waals surface area (Å²) in [5.74, 6) is -2.82. The lowest BCUT2D eigenvalue weighted by molar-refractivity contribution is -0.156. The topological polar surface area (TPSA) is 172 Å². The van der Waals surface area contributed by atoms with Crippen LogP contribution in [0.25, 0.3) is 5.57 Å². The van der Waals surface area contributed by atoms with E-state index in [-0.39, 0.29) is 55.4 Å². The summed E-state index contributed by atoms with van der Waals surface area (Å²) in [6.45, 7) is -0.359. The highest BCUT2D eigenvalue weighted by molar-refractivity contribution is 7.46. The highest BCUT2D eigenvalue weighted by Crippen LogP contribution is 2.38. The molecule has 0 saturated carbocycles. The number of aromatic nitrogens is 1. The summed E-state index contributed by atoms with van der Waals surface area (Å²) in [5, 5.41) is 13.1. The molecule has 0 unspecified atom stereocenters. The van der Waals surface area contributed by atoms with Crippen molar-refractivity contribution >= 4 is 31.1 Å². The molecule has 16 heteroatoms. The fraction of sp³-hybridized carbons (Fsp3) is 0.350. The number of halogens is 2. The van der Waals surface area contributed by atoms with E-state index in [4.69, 9.17) is 19.3 Å². The molecule has 2 aliphatic heterocycles. The molecular weight excluding hydrogens is 511 g/mol. The van der Waals surface area contributed by atoms with E-state index in [0.717, 1.165) is 21.9 Å². The Hall–Kier alpha value is -3.36. The number of anilines is 1. The quantitative estimate of drug-likeness (QED) is 0.332. The third-order valence-electron chi connectivity index (χ3n) is 5.33. The maximum absolute atomic E-state index is 14.9. The molecular formula is C20H20F2N3O10P. The number of aliphatic hydroxyl groups is 1. The molecule has 2 aliphatic rings. The monoisotopic (exact) mass is 531 g/mol. The lowest BCUT2D eigenvalue weighted by Crippen LogP contribution is -2.42. The Kier molecular flexibility index (Phi) is 7.38. The van der Waals surface area contributed by atoms with E-state index in [0.29, 0.717) is 0 Å². The smallest absolute Gasteiger partial charge is 0.471 e. The van der Waals surface area contributed by atoms with Gasteiger partial charge in [0, 0.05) is 24.7 Å². The minimum Gasteiger partial charge on any atom is -0.471 e. The summed E-state index contributed by atoms with van der Waals surface area (Å²) in [5.41, 5.74) is -0.182. The lowest BCUT2D eigenvalue weighted by Gasteiger charge is -2.28. The fourth-order valence-corrected chi connectivity index (χ4v) is 4.07. The minimum atomic E-state index is -5.10. The third-order valence-corrected chi connectivity index (χ3v) is 5.81. The molecule has 1 aromatic carbocycles. The van der Waals surface area contributed by atoms with E-state index in [1.807, 2.05) is 0 Å². The van der Waals surface area contributed by atoms with E-state index in [2.05, 4.69) is 14.2 Å². The number of ether oxygens (including phenoxy) is 2. The zero-order valence-electron chi connectivity index (χ0n) is 18.3. The van der Waals surface area contributed by atoms with Crippen LogP contribution < -0.4 is 9.64 Å². The molecule has 4 rings (SSSR count). The molecule has 0 spiro atoms. The summed E-state index contributed by atoms with van der Waals surface area (Å²) in [6.07, 6.45) is -1.29. The number of hydrogen-bond donors (Lipinski definition) is 3. The lowest BCUT2D eigenvalue weighted by atomic mass is 9.97. The van der Waals surface area contributed by atoms with Gasteiger partial charge in [-0.1, -0.05) is 6.08 Å². The van der Waals surface area contributed by atoms with Gasteiger partial charge in [-0.25, -0.2) is 22.7 Å². The SMILES string of the molecule is O=C([C@@H](O)OP(=O)(O)O)N1CC=C(c2c(F)cc(N3C[C@H](COc4ccon4)OC3=O)cc2F)CC1. The van der Waals surface area contributed by atoms with Crippen LogP contribution in [-0.2, 0) is 18.6 Å². The first-order valence-corrected chi connectivity index (χ1v) is 12.0. The van der Waals surface area contributed by atoms with Gasteiger partial charge in [-0.2, -0.15) is 0 Å². The van der Waals surface area contributed by atoms with Crippen LogP contribution in [0.5, 0.6) is 5.88 Å². The second-order valence-corrected chi connectivity index (χ2v) is 8.95. The molecule has 13 nitrogen and oxygen atoms in total. The molecule has 0 bridgehead atoms. The Morgan fingerprint density at radius 1 is 1.31 bits per heavy atom. The third kappa shape index (κ3) is 5.88. The van der Waals surface area contributed by atoms with Gasteiger partial charge >= 0.3 is 13.9 Å². The van der Waals surface area contributed by atoms with Crippen molar-refractivity contribution in [3.05, 3.63) is 47.7 Å². The summed E-state index contributed by atoms with van der Waals surface area (Å²) in [6, 6.07) is 3.43. The Balaban J connectivity index is 1.42. The molecule has 0 aliphatic carbocycles. The maximum atomic E-state index is 14.9. The van der Waals surface area contributed by atoms with Gasteiger partial charge in [-0.3, -0.25) is 9.69 Å². The summed E-state index contributed by atoms with van der Waals surface area (Å²) in [7, 11) is -5.10. The van der Waals surface area contributed by atoms with Crippen LogP contribution in [0.1, 0.15) is 12.0 Å². The standard InChI is InChI=1S/C20H20F2N3O10P/c21-14-7-12(25-9-13(34-20(25)28)10-32-16-3-6-33-23-16)8-15(22)17(14)11-1-4-24(5-2-11)18(26)19(27)35-36(29,30)31/h1,3,6-8,13,19,27H,2,4-5,9-10H2,(H2,29,30,31)/t13-,19+/m1/s1. The van der Waals surface area contributed by atoms with Crippen molar-refractivity contribution in [3.63, 3.8) is 0 Å². The van der Waals surface area contributed by atoms with Gasteiger partial charge < -0.3 is 33.8 Å². The number of amides is 2. The number of benzene rings is 1. The molecule has 3 N–H and O–H groups in total. The molecule has 3 heterocycles. The summed E-state index contributed by atoms with van der Waals surface area (Å²) >= 11 is 0. The second kappa shape index (κ2) is 10.3. The molecule has 1 saturated heterocycles. The molecule has 2 atom stereocenters. The normalized spacial score (nSPS) is 19.2. The first kappa shape index (κ1) is 25.7. The molecule has 1 aromatic heterocycles. The van der Waals surface area contributed by atoms with E-state index in [1.165, 1.54) is 18.4 Å². The molecule has 194 valence electrons. The van der Waals surface area contributed by atoms with Crippen LogP contribution in [0.15, 0.2) is 35.1 Å². The van der Waals surface area contributed by atoms with E-state index in [9.17, 15) is 28.0 Å². The van der Waals surface area contributed by atoms with Gasteiger partial charge in [0.1, 0.15) is 24.5 Å². The number of carbonyl (C=O) groups is 2. The van der Waals surface area contributed by atoms with Crippen LogP contribution in [0, 0.1) is 11.6 Å². The highest BCUT2D eigenvalue weighted by Gasteiger charge is 2.35. The maximum Gasteiger partial charge on any atom is 0.472 e. The highest BCUT2D eigenvalue weighted by atomic mass is 31.2. The fourth-order valence-electron chi connectivity index (χ4n) is 3.72. The Morgan fingerprint density at radius 2 is 2.03 bits per heavy atom. The second-order valence-electron chi connectivity index (χ2n) is 7.76. The van der Waals surface area contributed by atoms with Crippen LogP contribution >= 0.6 is 7.82 Å². The predicted molar refractivity (Wildman–Crippen MR) is 114 cm³/mol. The van der Waals surface area contributed by atoms with Gasteiger partial charge in [-0.05, 0) is 29.3 Å². The molecule has 1 fully saturated rings. The number of rotatable bonds is 8. The first-order chi connectivity index (χ1) is 17.0. The predicted octanol–water partition coefficient (Wildman–Crippen LogP) is 1.40. The number of hydrogen-bond acceptors (Lipinski definition) is 9.